The Bertz CT molecular complexity index is 838. The Morgan fingerprint density at radius 2 is 1.95 bits per heavy atom. The molecule has 0 spiro atoms. The van der Waals surface area contributed by atoms with E-state index in [2.05, 4.69) is 56.8 Å². The van der Waals surface area contributed by atoms with Gasteiger partial charge in [-0.05, 0) is 55.8 Å². The quantitative estimate of drug-likeness (QED) is 0.648. The third-order valence-corrected chi connectivity index (χ3v) is 3.69. The lowest BCUT2D eigenvalue weighted by atomic mass is 10.1. The summed E-state index contributed by atoms with van der Waals surface area (Å²) >= 11 is 3.41. The molecule has 3 aromatic rings. The van der Waals surface area contributed by atoms with Gasteiger partial charge in [0, 0.05) is 5.69 Å². The van der Waals surface area contributed by atoms with Crippen LogP contribution >= 0.6 is 15.9 Å². The lowest BCUT2D eigenvalue weighted by Crippen LogP contribution is -2.23. The van der Waals surface area contributed by atoms with Crippen molar-refractivity contribution in [2.24, 2.45) is 0 Å². The van der Waals surface area contributed by atoms with Gasteiger partial charge in [0.1, 0.15) is 16.3 Å². The second kappa shape index (κ2) is 5.31. The van der Waals surface area contributed by atoms with Gasteiger partial charge in [-0.1, -0.05) is 0 Å². The van der Waals surface area contributed by atoms with Crippen LogP contribution in [-0.2, 0) is 5.54 Å². The molecule has 0 aromatic carbocycles. The molecule has 0 amide bonds. The molecule has 7 heteroatoms. The van der Waals surface area contributed by atoms with E-state index >= 15 is 0 Å². The molecule has 0 saturated heterocycles. The van der Waals surface area contributed by atoms with Crippen LogP contribution in [0.4, 0.5) is 0 Å². The number of hydrogen-bond donors (Lipinski definition) is 0. The molecule has 0 aliphatic heterocycles. The van der Waals surface area contributed by atoms with Gasteiger partial charge in [0.25, 0.3) is 0 Å². The van der Waals surface area contributed by atoms with Gasteiger partial charge in [-0.3, -0.25) is 0 Å². The van der Waals surface area contributed by atoms with Crippen LogP contribution in [0.15, 0.2) is 29.3 Å². The molecule has 3 heterocycles. The van der Waals surface area contributed by atoms with E-state index in [4.69, 9.17) is 4.74 Å². The topological polar surface area (TPSA) is 65.7 Å². The first kappa shape index (κ1) is 14.9. The molecule has 0 unspecified atom stereocenters. The highest BCUT2D eigenvalue weighted by molar-refractivity contribution is 9.10. The van der Waals surface area contributed by atoms with E-state index in [9.17, 15) is 0 Å². The molecule has 0 atom stereocenters. The molecule has 0 N–H and O–H groups in total. The Morgan fingerprint density at radius 1 is 1.18 bits per heavy atom. The monoisotopic (exact) mass is 361 g/mol. The third-order valence-electron chi connectivity index (χ3n) is 3.13. The normalized spacial score (nSPS) is 11.9. The summed E-state index contributed by atoms with van der Waals surface area (Å²) in [6, 6.07) is 3.74. The SMILES string of the molecule is Cc1ccc(Oc2ncnc3c2cnn3C(C)(C)C)c(Br)n1. The number of halogens is 1. The minimum absolute atomic E-state index is 0.167. The molecule has 3 rings (SSSR count). The van der Waals surface area contributed by atoms with Gasteiger partial charge in [0.15, 0.2) is 11.4 Å². The average Bonchev–Trinajstić information content (AvgIpc) is 2.86. The van der Waals surface area contributed by atoms with Crippen LogP contribution in [0.5, 0.6) is 11.6 Å². The Labute approximate surface area is 136 Å². The summed E-state index contributed by atoms with van der Waals surface area (Å²) in [5.41, 5.74) is 1.49. The van der Waals surface area contributed by atoms with Crippen LogP contribution in [0, 0.1) is 6.92 Å². The first-order valence-corrected chi connectivity index (χ1v) is 7.66. The van der Waals surface area contributed by atoms with Crippen LogP contribution < -0.4 is 4.74 Å². The maximum atomic E-state index is 5.89. The van der Waals surface area contributed by atoms with Crippen LogP contribution in [0.3, 0.4) is 0 Å². The summed E-state index contributed by atoms with van der Waals surface area (Å²) in [7, 11) is 0. The van der Waals surface area contributed by atoms with Crippen molar-refractivity contribution in [1.29, 1.82) is 0 Å². The van der Waals surface area contributed by atoms with Crippen molar-refractivity contribution in [2.75, 3.05) is 0 Å². The third kappa shape index (κ3) is 2.68. The fourth-order valence-corrected chi connectivity index (χ4v) is 2.58. The van der Waals surface area contributed by atoms with E-state index in [-0.39, 0.29) is 5.54 Å². The van der Waals surface area contributed by atoms with Crippen molar-refractivity contribution >= 4 is 27.0 Å². The van der Waals surface area contributed by atoms with E-state index in [1.54, 1.807) is 6.20 Å². The molecule has 0 fully saturated rings. The first-order valence-electron chi connectivity index (χ1n) is 6.86. The second-order valence-corrected chi connectivity index (χ2v) is 6.74. The Hall–Kier alpha value is -2.02. The number of aromatic nitrogens is 5. The van der Waals surface area contributed by atoms with Crippen molar-refractivity contribution in [3.8, 4) is 11.6 Å². The molecule has 6 nitrogen and oxygen atoms in total. The average molecular weight is 362 g/mol. The van der Waals surface area contributed by atoms with E-state index in [0.717, 1.165) is 16.7 Å². The largest absolute Gasteiger partial charge is 0.435 e. The predicted molar refractivity (Wildman–Crippen MR) is 87.1 cm³/mol. The Balaban J connectivity index is 2.07. The Morgan fingerprint density at radius 3 is 2.64 bits per heavy atom. The summed E-state index contributed by atoms with van der Waals surface area (Å²) in [5, 5.41) is 5.18. The number of fused-ring (bicyclic) bond motifs is 1. The Kier molecular flexibility index (Phi) is 3.60. The highest BCUT2D eigenvalue weighted by Crippen LogP contribution is 2.31. The van der Waals surface area contributed by atoms with Crippen molar-refractivity contribution in [2.45, 2.75) is 33.2 Å². The smallest absolute Gasteiger partial charge is 0.233 e. The maximum Gasteiger partial charge on any atom is 0.233 e. The summed E-state index contributed by atoms with van der Waals surface area (Å²) in [6.07, 6.45) is 3.21. The van der Waals surface area contributed by atoms with Crippen molar-refractivity contribution in [1.82, 2.24) is 24.7 Å². The van der Waals surface area contributed by atoms with Gasteiger partial charge in [0.2, 0.25) is 5.88 Å². The summed E-state index contributed by atoms with van der Waals surface area (Å²) < 4.78 is 8.39. The van der Waals surface area contributed by atoms with E-state index in [0.29, 0.717) is 16.2 Å². The van der Waals surface area contributed by atoms with E-state index in [1.165, 1.54) is 6.33 Å². The van der Waals surface area contributed by atoms with Crippen LogP contribution in [0.25, 0.3) is 11.0 Å². The van der Waals surface area contributed by atoms with Crippen molar-refractivity contribution in [3.05, 3.63) is 35.0 Å². The lowest BCUT2D eigenvalue weighted by molar-refractivity contribution is 0.365. The molecule has 0 bridgehead atoms. The van der Waals surface area contributed by atoms with Crippen LogP contribution in [0.1, 0.15) is 26.5 Å². The molecular formula is C15H16BrN5O. The second-order valence-electron chi connectivity index (χ2n) is 5.99. The minimum atomic E-state index is -0.167. The molecule has 0 radical (unpaired) electrons. The zero-order valence-electron chi connectivity index (χ0n) is 12.8. The standard InChI is InChI=1S/C15H16BrN5O/c1-9-5-6-11(12(16)20-9)22-14-10-7-19-21(15(2,3)4)13(10)17-8-18-14/h5-8H,1-4H3. The minimum Gasteiger partial charge on any atom is -0.435 e. The van der Waals surface area contributed by atoms with Gasteiger partial charge in [0.05, 0.1) is 11.7 Å². The molecule has 3 aromatic heterocycles. The van der Waals surface area contributed by atoms with Gasteiger partial charge in [-0.15, -0.1) is 0 Å². The highest BCUT2D eigenvalue weighted by atomic mass is 79.9. The van der Waals surface area contributed by atoms with Crippen molar-refractivity contribution < 1.29 is 4.74 Å². The van der Waals surface area contributed by atoms with Crippen molar-refractivity contribution in [3.63, 3.8) is 0 Å². The fraction of sp³-hybridized carbons (Fsp3) is 0.333. The number of rotatable bonds is 2. The van der Waals surface area contributed by atoms with Gasteiger partial charge in [-0.2, -0.15) is 5.10 Å². The molecule has 0 aliphatic rings. The molecule has 0 aliphatic carbocycles. The molecular weight excluding hydrogens is 346 g/mol. The number of pyridine rings is 1. The molecule has 22 heavy (non-hydrogen) atoms. The maximum absolute atomic E-state index is 5.89. The predicted octanol–water partition coefficient (Wildman–Crippen LogP) is 3.84. The molecule has 0 saturated carbocycles. The lowest BCUT2D eigenvalue weighted by Gasteiger charge is -2.19. The van der Waals surface area contributed by atoms with Gasteiger partial charge >= 0.3 is 0 Å². The number of nitrogens with zero attached hydrogens (tertiary/aromatic N) is 5. The highest BCUT2D eigenvalue weighted by Gasteiger charge is 2.20. The zero-order valence-corrected chi connectivity index (χ0v) is 14.4. The summed E-state index contributed by atoms with van der Waals surface area (Å²) in [4.78, 5) is 12.9. The fourth-order valence-electron chi connectivity index (χ4n) is 2.09. The number of aryl methyl sites for hydroxylation is 1. The summed E-state index contributed by atoms with van der Waals surface area (Å²) in [6.45, 7) is 8.14. The summed E-state index contributed by atoms with van der Waals surface area (Å²) in [5.74, 6) is 1.07. The zero-order chi connectivity index (χ0) is 15.9. The van der Waals surface area contributed by atoms with Crippen LogP contribution in [0.2, 0.25) is 0 Å². The van der Waals surface area contributed by atoms with Gasteiger partial charge < -0.3 is 4.74 Å². The van der Waals surface area contributed by atoms with Crippen LogP contribution in [-0.4, -0.2) is 24.7 Å². The van der Waals surface area contributed by atoms with E-state index < -0.39 is 0 Å². The number of ether oxygens (including phenoxy) is 1. The van der Waals surface area contributed by atoms with Gasteiger partial charge in [-0.25, -0.2) is 19.6 Å². The number of hydrogen-bond acceptors (Lipinski definition) is 5. The first-order chi connectivity index (χ1) is 10.4. The van der Waals surface area contributed by atoms with E-state index in [1.807, 2.05) is 23.7 Å². The molecule has 114 valence electrons.